The standard InChI is InChI=1S/C14H27N3O2.ClH/c1-10(2)6-7-11-4-3-5-12(11)17-14(19)9-16-13(18)8-15;/h10-12H,3-9,15H2,1-2H3,(H,16,18)(H,17,19);1H. The minimum Gasteiger partial charge on any atom is -0.352 e. The number of hydrogen-bond donors (Lipinski definition) is 3. The van der Waals surface area contributed by atoms with Crippen molar-refractivity contribution in [1.82, 2.24) is 10.6 Å². The SMILES string of the molecule is CC(C)CCC1CCCC1NC(=O)CNC(=O)CN.Cl. The molecule has 0 radical (unpaired) electrons. The van der Waals surface area contributed by atoms with Gasteiger partial charge in [0.05, 0.1) is 13.1 Å². The van der Waals surface area contributed by atoms with E-state index in [-0.39, 0.29) is 43.4 Å². The van der Waals surface area contributed by atoms with E-state index >= 15 is 0 Å². The summed E-state index contributed by atoms with van der Waals surface area (Å²) in [5.41, 5.74) is 5.17. The van der Waals surface area contributed by atoms with Crippen molar-refractivity contribution in [1.29, 1.82) is 0 Å². The molecule has 0 heterocycles. The molecule has 4 N–H and O–H groups in total. The van der Waals surface area contributed by atoms with E-state index in [1.165, 1.54) is 25.7 Å². The number of nitrogens with two attached hydrogens (primary N) is 1. The maximum Gasteiger partial charge on any atom is 0.239 e. The van der Waals surface area contributed by atoms with Gasteiger partial charge in [-0.25, -0.2) is 0 Å². The molecule has 0 aliphatic heterocycles. The Hall–Kier alpha value is -0.810. The van der Waals surface area contributed by atoms with E-state index in [1.54, 1.807) is 0 Å². The molecule has 1 saturated carbocycles. The van der Waals surface area contributed by atoms with E-state index < -0.39 is 0 Å². The zero-order chi connectivity index (χ0) is 14.3. The minimum absolute atomic E-state index is 0. The summed E-state index contributed by atoms with van der Waals surface area (Å²) in [6.45, 7) is 4.41. The van der Waals surface area contributed by atoms with Gasteiger partial charge in [-0.1, -0.05) is 26.7 Å². The zero-order valence-electron chi connectivity index (χ0n) is 12.5. The van der Waals surface area contributed by atoms with Gasteiger partial charge in [0, 0.05) is 6.04 Å². The molecule has 0 bridgehead atoms. The van der Waals surface area contributed by atoms with Gasteiger partial charge in [0.1, 0.15) is 0 Å². The van der Waals surface area contributed by atoms with Crippen molar-refractivity contribution in [2.24, 2.45) is 17.6 Å². The van der Waals surface area contributed by atoms with Gasteiger partial charge in [-0.05, 0) is 31.1 Å². The van der Waals surface area contributed by atoms with Crippen LogP contribution >= 0.6 is 12.4 Å². The first-order valence-corrected chi connectivity index (χ1v) is 7.29. The Bertz CT molecular complexity index is 311. The lowest BCUT2D eigenvalue weighted by atomic mass is 9.93. The van der Waals surface area contributed by atoms with Crippen LogP contribution < -0.4 is 16.4 Å². The first-order valence-electron chi connectivity index (χ1n) is 7.29. The minimum atomic E-state index is -0.294. The van der Waals surface area contributed by atoms with Crippen LogP contribution in [0.25, 0.3) is 0 Å². The van der Waals surface area contributed by atoms with Crippen molar-refractivity contribution in [3.05, 3.63) is 0 Å². The highest BCUT2D eigenvalue weighted by atomic mass is 35.5. The molecular weight excluding hydrogens is 278 g/mol. The number of carbonyl (C=O) groups is 2. The molecule has 2 unspecified atom stereocenters. The molecule has 0 aromatic heterocycles. The van der Waals surface area contributed by atoms with E-state index in [2.05, 4.69) is 24.5 Å². The number of carbonyl (C=O) groups excluding carboxylic acids is 2. The molecule has 0 spiro atoms. The summed E-state index contributed by atoms with van der Waals surface area (Å²) in [4.78, 5) is 22.7. The van der Waals surface area contributed by atoms with E-state index in [9.17, 15) is 9.59 Å². The van der Waals surface area contributed by atoms with Crippen LogP contribution in [0.5, 0.6) is 0 Å². The van der Waals surface area contributed by atoms with Gasteiger partial charge in [-0.2, -0.15) is 0 Å². The first-order chi connectivity index (χ1) is 9.02. The van der Waals surface area contributed by atoms with Crippen LogP contribution in [-0.2, 0) is 9.59 Å². The highest BCUT2D eigenvalue weighted by Crippen LogP contribution is 2.30. The van der Waals surface area contributed by atoms with Gasteiger partial charge in [0.2, 0.25) is 11.8 Å². The first kappa shape index (κ1) is 19.2. The van der Waals surface area contributed by atoms with Crippen LogP contribution in [0, 0.1) is 11.8 Å². The Morgan fingerprint density at radius 1 is 1.25 bits per heavy atom. The summed E-state index contributed by atoms with van der Waals surface area (Å²) in [7, 11) is 0. The van der Waals surface area contributed by atoms with Crippen LogP contribution in [-0.4, -0.2) is 30.9 Å². The van der Waals surface area contributed by atoms with Crippen LogP contribution in [0.3, 0.4) is 0 Å². The molecule has 2 amide bonds. The summed E-state index contributed by atoms with van der Waals surface area (Å²) in [6, 6.07) is 0.279. The number of hydrogen-bond acceptors (Lipinski definition) is 3. The molecule has 2 atom stereocenters. The molecule has 1 rings (SSSR count). The summed E-state index contributed by atoms with van der Waals surface area (Å²) in [5, 5.41) is 5.53. The van der Waals surface area contributed by atoms with Crippen molar-refractivity contribution in [3.63, 3.8) is 0 Å². The molecule has 1 aliphatic carbocycles. The van der Waals surface area contributed by atoms with E-state index in [4.69, 9.17) is 5.73 Å². The van der Waals surface area contributed by atoms with Gasteiger partial charge in [0.15, 0.2) is 0 Å². The Labute approximate surface area is 127 Å². The summed E-state index contributed by atoms with van der Waals surface area (Å²) in [5.74, 6) is 0.901. The van der Waals surface area contributed by atoms with Crippen molar-refractivity contribution in [2.75, 3.05) is 13.1 Å². The second kappa shape index (κ2) is 10.00. The predicted octanol–water partition coefficient (Wildman–Crippen LogP) is 1.20. The predicted molar refractivity (Wildman–Crippen MR) is 82.7 cm³/mol. The summed E-state index contributed by atoms with van der Waals surface area (Å²) < 4.78 is 0. The van der Waals surface area contributed by atoms with Crippen molar-refractivity contribution in [3.8, 4) is 0 Å². The lowest BCUT2D eigenvalue weighted by Crippen LogP contribution is -2.44. The number of rotatable bonds is 7. The number of amides is 2. The number of halogens is 1. The van der Waals surface area contributed by atoms with Crippen LogP contribution in [0.4, 0.5) is 0 Å². The van der Waals surface area contributed by atoms with E-state index in [1.807, 2.05) is 0 Å². The molecule has 1 fully saturated rings. The van der Waals surface area contributed by atoms with Gasteiger partial charge >= 0.3 is 0 Å². The molecular formula is C14H28ClN3O2. The topological polar surface area (TPSA) is 84.2 Å². The van der Waals surface area contributed by atoms with Gasteiger partial charge < -0.3 is 16.4 Å². The Kier molecular flexibility index (Phi) is 9.59. The molecule has 20 heavy (non-hydrogen) atoms. The normalized spacial score (nSPS) is 21.4. The fraction of sp³-hybridized carbons (Fsp3) is 0.857. The average Bonchev–Trinajstić information content (AvgIpc) is 2.80. The number of nitrogens with one attached hydrogen (secondary N) is 2. The Morgan fingerprint density at radius 2 is 1.95 bits per heavy atom. The van der Waals surface area contributed by atoms with Crippen LogP contribution in [0.15, 0.2) is 0 Å². The third-order valence-electron chi connectivity index (χ3n) is 3.75. The largest absolute Gasteiger partial charge is 0.352 e. The van der Waals surface area contributed by atoms with Crippen molar-refractivity contribution in [2.45, 2.75) is 52.0 Å². The smallest absolute Gasteiger partial charge is 0.239 e. The Balaban J connectivity index is 0.00000361. The average molecular weight is 306 g/mol. The van der Waals surface area contributed by atoms with Crippen LogP contribution in [0.2, 0.25) is 0 Å². The van der Waals surface area contributed by atoms with Crippen molar-refractivity contribution >= 4 is 24.2 Å². The fourth-order valence-corrected chi connectivity index (χ4v) is 2.63. The molecule has 118 valence electrons. The third kappa shape index (κ3) is 7.10. The Morgan fingerprint density at radius 3 is 2.55 bits per heavy atom. The molecule has 0 aromatic carbocycles. The monoisotopic (exact) mass is 305 g/mol. The zero-order valence-corrected chi connectivity index (χ0v) is 13.3. The van der Waals surface area contributed by atoms with Crippen LogP contribution in [0.1, 0.15) is 46.0 Å². The molecule has 6 heteroatoms. The van der Waals surface area contributed by atoms with Gasteiger partial charge in [-0.15, -0.1) is 12.4 Å². The second-order valence-corrected chi connectivity index (χ2v) is 5.82. The summed E-state index contributed by atoms with van der Waals surface area (Å²) >= 11 is 0. The maximum absolute atomic E-state index is 11.7. The lowest BCUT2D eigenvalue weighted by Gasteiger charge is -2.21. The van der Waals surface area contributed by atoms with Gasteiger partial charge in [-0.3, -0.25) is 9.59 Å². The van der Waals surface area contributed by atoms with Crippen molar-refractivity contribution < 1.29 is 9.59 Å². The summed E-state index contributed by atoms with van der Waals surface area (Å²) in [6.07, 6.45) is 5.83. The lowest BCUT2D eigenvalue weighted by molar-refractivity contribution is -0.125. The fourth-order valence-electron chi connectivity index (χ4n) is 2.63. The highest BCUT2D eigenvalue weighted by Gasteiger charge is 2.28. The van der Waals surface area contributed by atoms with E-state index in [0.717, 1.165) is 6.42 Å². The van der Waals surface area contributed by atoms with E-state index in [0.29, 0.717) is 11.8 Å². The maximum atomic E-state index is 11.7. The second-order valence-electron chi connectivity index (χ2n) is 5.82. The quantitative estimate of drug-likeness (QED) is 0.661. The van der Waals surface area contributed by atoms with Gasteiger partial charge in [0.25, 0.3) is 0 Å². The third-order valence-corrected chi connectivity index (χ3v) is 3.75. The molecule has 5 nitrogen and oxygen atoms in total. The molecule has 0 aromatic rings. The highest BCUT2D eigenvalue weighted by molar-refractivity contribution is 5.85. The molecule has 1 aliphatic rings. The molecule has 0 saturated heterocycles.